The number of rotatable bonds is 6. The zero-order valence-electron chi connectivity index (χ0n) is 13.0. The number of nitrogens with zero attached hydrogens (tertiary/aromatic N) is 3. The number of hydrogen-bond acceptors (Lipinski definition) is 4. The van der Waals surface area contributed by atoms with E-state index in [1.807, 2.05) is 18.5 Å². The van der Waals surface area contributed by atoms with Crippen molar-refractivity contribution in [3.8, 4) is 0 Å². The predicted molar refractivity (Wildman–Crippen MR) is 84.4 cm³/mol. The summed E-state index contributed by atoms with van der Waals surface area (Å²) in [6.45, 7) is 6.36. The lowest BCUT2D eigenvalue weighted by Gasteiger charge is -2.19. The summed E-state index contributed by atoms with van der Waals surface area (Å²) in [5.41, 5.74) is 0.729. The lowest BCUT2D eigenvalue weighted by atomic mass is 10.0. The van der Waals surface area contributed by atoms with E-state index in [0.717, 1.165) is 24.2 Å². The van der Waals surface area contributed by atoms with Crippen LogP contribution in [-0.2, 0) is 13.5 Å². The molecule has 0 spiro atoms. The van der Waals surface area contributed by atoms with E-state index in [2.05, 4.69) is 36.2 Å². The zero-order valence-corrected chi connectivity index (χ0v) is 13.8. The molecule has 0 saturated carbocycles. The molecule has 2 aromatic rings. The van der Waals surface area contributed by atoms with Gasteiger partial charge in [0.1, 0.15) is 12.2 Å². The topological polar surface area (TPSA) is 59.8 Å². The molecule has 0 unspecified atom stereocenters. The van der Waals surface area contributed by atoms with Gasteiger partial charge in [-0.05, 0) is 24.8 Å². The molecule has 114 valence electrons. The first-order valence-corrected chi connectivity index (χ1v) is 8.11. The van der Waals surface area contributed by atoms with Crippen LogP contribution in [0.3, 0.4) is 0 Å². The number of carbonyl (C=O) groups is 1. The van der Waals surface area contributed by atoms with Crippen LogP contribution < -0.4 is 5.32 Å². The van der Waals surface area contributed by atoms with Crippen LogP contribution in [0, 0.1) is 5.92 Å². The second-order valence-corrected chi connectivity index (χ2v) is 6.55. The maximum atomic E-state index is 12.4. The molecule has 0 radical (unpaired) electrons. The second-order valence-electron chi connectivity index (χ2n) is 5.55. The van der Waals surface area contributed by atoms with E-state index in [0.29, 0.717) is 5.92 Å². The van der Waals surface area contributed by atoms with Crippen LogP contribution in [-0.4, -0.2) is 20.7 Å². The fourth-order valence-corrected chi connectivity index (χ4v) is 3.06. The summed E-state index contributed by atoms with van der Waals surface area (Å²) in [5.74, 6) is 1.21. The minimum absolute atomic E-state index is 0.0420. The molecule has 0 aliphatic carbocycles. The van der Waals surface area contributed by atoms with Gasteiger partial charge in [0.25, 0.3) is 5.91 Å². The first-order chi connectivity index (χ1) is 10.0. The third-order valence-electron chi connectivity index (χ3n) is 3.33. The Morgan fingerprint density at radius 1 is 1.48 bits per heavy atom. The maximum Gasteiger partial charge on any atom is 0.252 e. The van der Waals surface area contributed by atoms with Gasteiger partial charge in [0.05, 0.1) is 11.6 Å². The monoisotopic (exact) mass is 306 g/mol. The van der Waals surface area contributed by atoms with E-state index in [9.17, 15) is 4.79 Å². The van der Waals surface area contributed by atoms with Gasteiger partial charge in [0.2, 0.25) is 0 Å². The SMILES string of the molecule is CCc1cc(C(=O)N[C@@H](CC(C)C)c2ncnn2C)cs1. The standard InChI is InChI=1S/C15H22N4OS/c1-5-12-7-11(8-21-12)15(20)18-13(6-10(2)3)14-16-9-17-19(14)4/h7-10,13H,5-6H2,1-4H3,(H,18,20)/t13-/m0/s1. The average molecular weight is 306 g/mol. The summed E-state index contributed by atoms with van der Waals surface area (Å²) in [6, 6.07) is 1.85. The predicted octanol–water partition coefficient (Wildman–Crippen LogP) is 2.96. The van der Waals surface area contributed by atoms with Crippen LogP contribution in [0.15, 0.2) is 17.8 Å². The Hall–Kier alpha value is -1.69. The molecule has 21 heavy (non-hydrogen) atoms. The maximum absolute atomic E-state index is 12.4. The highest BCUT2D eigenvalue weighted by molar-refractivity contribution is 7.10. The Morgan fingerprint density at radius 2 is 2.24 bits per heavy atom. The third kappa shape index (κ3) is 3.91. The van der Waals surface area contributed by atoms with Crippen LogP contribution in [0.2, 0.25) is 0 Å². The van der Waals surface area contributed by atoms with E-state index in [-0.39, 0.29) is 11.9 Å². The van der Waals surface area contributed by atoms with Gasteiger partial charge >= 0.3 is 0 Å². The van der Waals surface area contributed by atoms with Gasteiger partial charge in [-0.2, -0.15) is 5.10 Å². The quantitative estimate of drug-likeness (QED) is 0.892. The lowest BCUT2D eigenvalue weighted by Crippen LogP contribution is -2.31. The highest BCUT2D eigenvalue weighted by Crippen LogP contribution is 2.21. The molecular weight excluding hydrogens is 284 g/mol. The van der Waals surface area contributed by atoms with Crippen molar-refractivity contribution < 1.29 is 4.79 Å². The van der Waals surface area contributed by atoms with Crippen molar-refractivity contribution in [3.05, 3.63) is 34.0 Å². The van der Waals surface area contributed by atoms with Crippen molar-refractivity contribution in [2.24, 2.45) is 13.0 Å². The third-order valence-corrected chi connectivity index (χ3v) is 4.42. The van der Waals surface area contributed by atoms with Crippen molar-refractivity contribution in [1.29, 1.82) is 0 Å². The zero-order chi connectivity index (χ0) is 15.4. The second kappa shape index (κ2) is 6.85. The number of aromatic nitrogens is 3. The van der Waals surface area contributed by atoms with E-state index in [4.69, 9.17) is 0 Å². The van der Waals surface area contributed by atoms with E-state index < -0.39 is 0 Å². The highest BCUT2D eigenvalue weighted by atomic mass is 32.1. The Labute approximate surface area is 129 Å². The van der Waals surface area contributed by atoms with Gasteiger partial charge in [0, 0.05) is 17.3 Å². The summed E-state index contributed by atoms with van der Waals surface area (Å²) in [6.07, 6.45) is 3.31. The van der Waals surface area contributed by atoms with E-state index in [1.165, 1.54) is 11.2 Å². The number of amides is 1. The van der Waals surface area contributed by atoms with Crippen molar-refractivity contribution in [3.63, 3.8) is 0 Å². The van der Waals surface area contributed by atoms with E-state index >= 15 is 0 Å². The molecule has 1 atom stereocenters. The Bertz CT molecular complexity index is 602. The Morgan fingerprint density at radius 3 is 2.76 bits per heavy atom. The molecule has 0 aromatic carbocycles. The molecule has 5 nitrogen and oxygen atoms in total. The molecule has 2 heterocycles. The fourth-order valence-electron chi connectivity index (χ4n) is 2.25. The molecule has 2 aromatic heterocycles. The van der Waals surface area contributed by atoms with Crippen LogP contribution >= 0.6 is 11.3 Å². The lowest BCUT2D eigenvalue weighted by molar-refractivity contribution is 0.0929. The Balaban J connectivity index is 2.15. The molecular formula is C15H22N4OS. The first kappa shape index (κ1) is 15.7. The van der Waals surface area contributed by atoms with Crippen molar-refractivity contribution in [1.82, 2.24) is 20.1 Å². The number of hydrogen-bond donors (Lipinski definition) is 1. The summed E-state index contributed by atoms with van der Waals surface area (Å²) in [7, 11) is 1.85. The fraction of sp³-hybridized carbons (Fsp3) is 0.533. The molecule has 0 aliphatic rings. The van der Waals surface area contributed by atoms with E-state index in [1.54, 1.807) is 16.0 Å². The van der Waals surface area contributed by atoms with Crippen LogP contribution in [0.4, 0.5) is 0 Å². The summed E-state index contributed by atoms with van der Waals surface area (Å²) >= 11 is 1.63. The summed E-state index contributed by atoms with van der Waals surface area (Å²) in [4.78, 5) is 17.9. The molecule has 0 bridgehead atoms. The number of aryl methyl sites for hydroxylation is 2. The minimum atomic E-state index is -0.116. The smallest absolute Gasteiger partial charge is 0.252 e. The van der Waals surface area contributed by atoms with Crippen LogP contribution in [0.25, 0.3) is 0 Å². The summed E-state index contributed by atoms with van der Waals surface area (Å²) in [5, 5.41) is 9.10. The Kier molecular flexibility index (Phi) is 5.12. The van der Waals surface area contributed by atoms with Gasteiger partial charge in [-0.25, -0.2) is 4.98 Å². The van der Waals surface area contributed by atoms with Gasteiger partial charge < -0.3 is 5.32 Å². The van der Waals surface area contributed by atoms with Crippen LogP contribution in [0.5, 0.6) is 0 Å². The number of carbonyl (C=O) groups excluding carboxylic acids is 1. The first-order valence-electron chi connectivity index (χ1n) is 7.23. The highest BCUT2D eigenvalue weighted by Gasteiger charge is 2.21. The van der Waals surface area contributed by atoms with Crippen molar-refractivity contribution in [2.75, 3.05) is 0 Å². The number of thiophene rings is 1. The molecule has 6 heteroatoms. The van der Waals surface area contributed by atoms with Crippen molar-refractivity contribution >= 4 is 17.2 Å². The van der Waals surface area contributed by atoms with Crippen molar-refractivity contribution in [2.45, 2.75) is 39.7 Å². The molecule has 1 N–H and O–H groups in total. The average Bonchev–Trinajstić information content (AvgIpc) is 3.05. The van der Waals surface area contributed by atoms with Gasteiger partial charge in [0.15, 0.2) is 0 Å². The largest absolute Gasteiger partial charge is 0.342 e. The van der Waals surface area contributed by atoms with Gasteiger partial charge in [-0.1, -0.05) is 20.8 Å². The van der Waals surface area contributed by atoms with Crippen LogP contribution in [0.1, 0.15) is 54.3 Å². The van der Waals surface area contributed by atoms with Gasteiger partial charge in [-0.3, -0.25) is 9.48 Å². The molecule has 1 amide bonds. The molecule has 0 aliphatic heterocycles. The normalized spacial score (nSPS) is 12.6. The number of nitrogens with one attached hydrogen (secondary N) is 1. The summed E-state index contributed by atoms with van der Waals surface area (Å²) < 4.78 is 1.72. The molecule has 0 saturated heterocycles. The molecule has 0 fully saturated rings. The van der Waals surface area contributed by atoms with Gasteiger partial charge in [-0.15, -0.1) is 11.3 Å². The molecule has 2 rings (SSSR count). The minimum Gasteiger partial charge on any atom is -0.342 e.